The Morgan fingerprint density at radius 2 is 1.47 bits per heavy atom. The summed E-state index contributed by atoms with van der Waals surface area (Å²) in [6.45, 7) is 1.12. The zero-order valence-corrected chi connectivity index (χ0v) is 24.9. The van der Waals surface area contributed by atoms with Crippen molar-refractivity contribution in [2.24, 2.45) is 0 Å². The molecular formula is C33H30F3N3O5S. The number of carbonyl (C=O) groups excluding carboxylic acids is 2. The minimum absolute atomic E-state index is 0.0879. The van der Waals surface area contributed by atoms with Gasteiger partial charge in [-0.2, -0.15) is 13.2 Å². The summed E-state index contributed by atoms with van der Waals surface area (Å²) >= 11 is 1.36. The Morgan fingerprint density at radius 3 is 2.09 bits per heavy atom. The Balaban J connectivity index is 1.48. The van der Waals surface area contributed by atoms with Gasteiger partial charge in [0.25, 0.3) is 11.8 Å². The maximum absolute atomic E-state index is 13.4. The summed E-state index contributed by atoms with van der Waals surface area (Å²) in [4.78, 5) is 38.3. The van der Waals surface area contributed by atoms with Crippen LogP contribution in [0, 0.1) is 0 Å². The standard InChI is InChI=1S/C33H30F3N3O5S/c1-2-37-45-27-5-3-4-24(18-27)30(40)39-29-17-16-26(44-20-33(34,35)36)19-28(29)31(41)38-25-14-10-22(11-15-25)7-6-21-8-12-23(13-9-21)32(42)43/h3-5,8-19,37H,2,6-7,20H2,1H3,(H,38,41)(H,39,40)(H,42,43). The van der Waals surface area contributed by atoms with Crippen molar-refractivity contribution in [2.75, 3.05) is 23.8 Å². The number of ether oxygens (including phenoxy) is 1. The number of carboxylic acid groups (broad SMARTS) is 1. The number of halogens is 3. The molecule has 0 unspecified atom stereocenters. The highest BCUT2D eigenvalue weighted by Gasteiger charge is 2.28. The van der Waals surface area contributed by atoms with Gasteiger partial charge in [0, 0.05) is 22.7 Å². The van der Waals surface area contributed by atoms with Crippen molar-refractivity contribution in [3.63, 3.8) is 0 Å². The van der Waals surface area contributed by atoms with E-state index >= 15 is 0 Å². The molecule has 234 valence electrons. The molecule has 0 spiro atoms. The number of hydrogen-bond acceptors (Lipinski definition) is 6. The van der Waals surface area contributed by atoms with Crippen LogP contribution in [0.4, 0.5) is 24.5 Å². The zero-order valence-electron chi connectivity index (χ0n) is 24.1. The van der Waals surface area contributed by atoms with E-state index in [1.54, 1.807) is 54.6 Å². The van der Waals surface area contributed by atoms with Gasteiger partial charge in [0.05, 0.1) is 16.8 Å². The van der Waals surface area contributed by atoms with Gasteiger partial charge in [0.2, 0.25) is 0 Å². The number of carboxylic acids is 1. The number of rotatable bonds is 13. The Labute approximate surface area is 262 Å². The van der Waals surface area contributed by atoms with Gasteiger partial charge in [-0.1, -0.05) is 37.3 Å². The SMILES string of the molecule is CCNSc1cccc(C(=O)Nc2ccc(OCC(F)(F)F)cc2C(=O)Nc2ccc(CCc3ccc(C(=O)O)cc3)cc2)c1. The van der Waals surface area contributed by atoms with Crippen LogP contribution in [-0.4, -0.2) is 42.2 Å². The molecule has 4 aromatic rings. The number of hydrogen-bond donors (Lipinski definition) is 4. The average molecular weight is 638 g/mol. The van der Waals surface area contributed by atoms with Crippen molar-refractivity contribution < 1.29 is 37.4 Å². The molecule has 0 atom stereocenters. The van der Waals surface area contributed by atoms with E-state index in [0.717, 1.165) is 28.6 Å². The topological polar surface area (TPSA) is 117 Å². The average Bonchev–Trinajstić information content (AvgIpc) is 3.02. The number of aromatic carboxylic acids is 1. The molecular weight excluding hydrogens is 607 g/mol. The number of aryl methyl sites for hydroxylation is 2. The maximum atomic E-state index is 13.4. The summed E-state index contributed by atoms with van der Waals surface area (Å²) < 4.78 is 46.3. The molecule has 0 aliphatic carbocycles. The normalized spacial score (nSPS) is 11.1. The highest BCUT2D eigenvalue weighted by Crippen LogP contribution is 2.27. The number of carbonyl (C=O) groups is 3. The number of amides is 2. The zero-order chi connectivity index (χ0) is 32.4. The van der Waals surface area contributed by atoms with Crippen molar-refractivity contribution >= 4 is 41.1 Å². The van der Waals surface area contributed by atoms with E-state index in [4.69, 9.17) is 9.84 Å². The first kappa shape index (κ1) is 33.1. The number of nitrogens with one attached hydrogen (secondary N) is 3. The summed E-state index contributed by atoms with van der Waals surface area (Å²) in [6.07, 6.45) is -3.23. The van der Waals surface area contributed by atoms with Gasteiger partial charge in [-0.15, -0.1) is 0 Å². The molecule has 0 saturated carbocycles. The van der Waals surface area contributed by atoms with Crippen molar-refractivity contribution in [3.05, 3.63) is 119 Å². The van der Waals surface area contributed by atoms with Gasteiger partial charge in [-0.05, 0) is 96.6 Å². The minimum atomic E-state index is -4.57. The van der Waals surface area contributed by atoms with E-state index in [2.05, 4.69) is 15.4 Å². The van der Waals surface area contributed by atoms with Crippen molar-refractivity contribution in [1.82, 2.24) is 4.72 Å². The molecule has 0 bridgehead atoms. The molecule has 0 radical (unpaired) electrons. The smallest absolute Gasteiger partial charge is 0.422 e. The second-order valence-corrected chi connectivity index (χ2v) is 10.8. The van der Waals surface area contributed by atoms with Crippen LogP contribution in [0.5, 0.6) is 5.75 Å². The summed E-state index contributed by atoms with van der Waals surface area (Å²) in [5.74, 6) is -2.34. The third-order valence-electron chi connectivity index (χ3n) is 6.43. The van der Waals surface area contributed by atoms with Crippen LogP contribution < -0.4 is 20.1 Å². The summed E-state index contributed by atoms with van der Waals surface area (Å²) in [5.41, 5.74) is 2.93. The lowest BCUT2D eigenvalue weighted by Gasteiger charge is -2.15. The first-order chi connectivity index (χ1) is 21.5. The molecule has 2 amide bonds. The molecule has 0 aromatic heterocycles. The monoisotopic (exact) mass is 637 g/mol. The molecule has 8 nitrogen and oxygen atoms in total. The summed E-state index contributed by atoms with van der Waals surface area (Å²) in [6, 6.07) is 24.2. The van der Waals surface area contributed by atoms with Gasteiger partial charge in [0.15, 0.2) is 6.61 Å². The molecule has 0 saturated heterocycles. The van der Waals surface area contributed by atoms with Gasteiger partial charge in [0.1, 0.15) is 5.75 Å². The van der Waals surface area contributed by atoms with Gasteiger partial charge < -0.3 is 20.5 Å². The molecule has 0 fully saturated rings. The summed E-state index contributed by atoms with van der Waals surface area (Å²) in [5, 5.41) is 14.5. The lowest BCUT2D eigenvalue weighted by molar-refractivity contribution is -0.153. The van der Waals surface area contributed by atoms with E-state index in [9.17, 15) is 27.6 Å². The first-order valence-corrected chi connectivity index (χ1v) is 14.7. The predicted molar refractivity (Wildman–Crippen MR) is 167 cm³/mol. The molecule has 4 aromatic carbocycles. The van der Waals surface area contributed by atoms with E-state index in [0.29, 0.717) is 24.1 Å². The fraction of sp³-hybridized carbons (Fsp3) is 0.182. The highest BCUT2D eigenvalue weighted by molar-refractivity contribution is 7.97. The van der Waals surface area contributed by atoms with Crippen LogP contribution in [0.15, 0.2) is 95.9 Å². The molecule has 4 N–H and O–H groups in total. The summed E-state index contributed by atoms with van der Waals surface area (Å²) in [7, 11) is 0. The lowest BCUT2D eigenvalue weighted by Crippen LogP contribution is -2.21. The number of benzene rings is 4. The second-order valence-electron chi connectivity index (χ2n) is 9.85. The fourth-order valence-electron chi connectivity index (χ4n) is 4.18. The highest BCUT2D eigenvalue weighted by atomic mass is 32.2. The third kappa shape index (κ3) is 10.1. The second kappa shape index (κ2) is 15.3. The minimum Gasteiger partial charge on any atom is -0.484 e. The molecule has 45 heavy (non-hydrogen) atoms. The first-order valence-electron chi connectivity index (χ1n) is 13.9. The number of alkyl halides is 3. The molecule has 0 aliphatic rings. The quantitative estimate of drug-likeness (QED) is 0.114. The fourth-order valence-corrected chi connectivity index (χ4v) is 4.83. The third-order valence-corrected chi connectivity index (χ3v) is 7.35. The van der Waals surface area contributed by atoms with Crippen LogP contribution in [0.3, 0.4) is 0 Å². The molecule has 4 rings (SSSR count). The van der Waals surface area contributed by atoms with Crippen LogP contribution in [-0.2, 0) is 12.8 Å². The maximum Gasteiger partial charge on any atom is 0.422 e. The van der Waals surface area contributed by atoms with Gasteiger partial charge in [-0.3, -0.25) is 14.3 Å². The van der Waals surface area contributed by atoms with Crippen LogP contribution in [0.2, 0.25) is 0 Å². The molecule has 12 heteroatoms. The van der Waals surface area contributed by atoms with Crippen LogP contribution in [0.25, 0.3) is 0 Å². The van der Waals surface area contributed by atoms with Crippen LogP contribution >= 0.6 is 11.9 Å². The largest absolute Gasteiger partial charge is 0.484 e. The van der Waals surface area contributed by atoms with Gasteiger partial charge in [-0.25, -0.2) is 4.79 Å². The van der Waals surface area contributed by atoms with Crippen molar-refractivity contribution in [2.45, 2.75) is 30.8 Å². The van der Waals surface area contributed by atoms with Crippen molar-refractivity contribution in [3.8, 4) is 5.75 Å². The molecule has 0 heterocycles. The Morgan fingerprint density at radius 1 is 0.800 bits per heavy atom. The Bertz CT molecular complexity index is 1650. The Kier molecular flexibility index (Phi) is 11.2. The van der Waals surface area contributed by atoms with Crippen LogP contribution in [0.1, 0.15) is 49.1 Å². The Hall–Kier alpha value is -4.81. The van der Waals surface area contributed by atoms with E-state index in [-0.39, 0.29) is 22.6 Å². The van der Waals surface area contributed by atoms with E-state index < -0.39 is 30.6 Å². The molecule has 0 aliphatic heterocycles. The van der Waals surface area contributed by atoms with Crippen molar-refractivity contribution in [1.29, 1.82) is 0 Å². The lowest BCUT2D eigenvalue weighted by atomic mass is 10.0. The predicted octanol–water partition coefficient (Wildman–Crippen LogP) is 7.23. The van der Waals surface area contributed by atoms with E-state index in [1.807, 2.05) is 25.1 Å². The number of anilines is 2. The van der Waals surface area contributed by atoms with E-state index in [1.165, 1.54) is 24.1 Å². The van der Waals surface area contributed by atoms with Gasteiger partial charge >= 0.3 is 12.1 Å².